The maximum atomic E-state index is 12.4. The van der Waals surface area contributed by atoms with Gasteiger partial charge in [0.1, 0.15) is 0 Å². The van der Waals surface area contributed by atoms with E-state index in [1.54, 1.807) is 6.08 Å². The van der Waals surface area contributed by atoms with Crippen molar-refractivity contribution in [2.45, 2.75) is 6.92 Å². The molecular formula is C15H20N2O. The van der Waals surface area contributed by atoms with Gasteiger partial charge in [-0.25, -0.2) is 0 Å². The molecule has 18 heavy (non-hydrogen) atoms. The summed E-state index contributed by atoms with van der Waals surface area (Å²) in [6.07, 6.45) is 1.75. The highest BCUT2D eigenvalue weighted by Crippen LogP contribution is 2.14. The van der Waals surface area contributed by atoms with Gasteiger partial charge in [0.25, 0.3) is 5.91 Å². The Morgan fingerprint density at radius 2 is 1.94 bits per heavy atom. The lowest BCUT2D eigenvalue weighted by molar-refractivity contribution is 0.0643. The first-order valence-corrected chi connectivity index (χ1v) is 6.49. The number of hydrogen-bond donors (Lipinski definition) is 0. The van der Waals surface area contributed by atoms with Crippen LogP contribution in [-0.4, -0.2) is 48.4 Å². The molecule has 0 saturated carbocycles. The highest BCUT2D eigenvalue weighted by molar-refractivity contribution is 5.97. The molecule has 0 unspecified atom stereocenters. The standard InChI is InChI=1S/C15H20N2O/c1-3-13-7-5-6-8-14(13)15(18)17-11-9-16(4-2)10-12-17/h3,5-8H,1,4,9-12H2,2H3. The summed E-state index contributed by atoms with van der Waals surface area (Å²) in [4.78, 5) is 16.7. The van der Waals surface area contributed by atoms with Crippen molar-refractivity contribution in [3.8, 4) is 0 Å². The van der Waals surface area contributed by atoms with Gasteiger partial charge in [0.2, 0.25) is 0 Å². The first kappa shape index (κ1) is 12.8. The second-order valence-corrected chi connectivity index (χ2v) is 4.52. The zero-order chi connectivity index (χ0) is 13.0. The van der Waals surface area contributed by atoms with Crippen LogP contribution in [0, 0.1) is 0 Å². The number of piperazine rings is 1. The summed E-state index contributed by atoms with van der Waals surface area (Å²) < 4.78 is 0. The number of carbonyl (C=O) groups is 1. The number of likely N-dealkylation sites (N-methyl/N-ethyl adjacent to an activating group) is 1. The van der Waals surface area contributed by atoms with Crippen LogP contribution in [0.4, 0.5) is 0 Å². The van der Waals surface area contributed by atoms with Gasteiger partial charge in [0, 0.05) is 31.7 Å². The summed E-state index contributed by atoms with van der Waals surface area (Å²) in [6.45, 7) is 10.6. The summed E-state index contributed by atoms with van der Waals surface area (Å²) in [5.74, 6) is 0.126. The molecule has 0 aromatic heterocycles. The van der Waals surface area contributed by atoms with Gasteiger partial charge in [0.05, 0.1) is 0 Å². The minimum absolute atomic E-state index is 0.126. The van der Waals surface area contributed by atoms with Crippen LogP contribution >= 0.6 is 0 Å². The topological polar surface area (TPSA) is 23.6 Å². The van der Waals surface area contributed by atoms with Gasteiger partial charge in [0.15, 0.2) is 0 Å². The number of carbonyl (C=O) groups excluding carboxylic acids is 1. The lowest BCUT2D eigenvalue weighted by Gasteiger charge is -2.34. The predicted octanol–water partition coefficient (Wildman–Crippen LogP) is 2.11. The van der Waals surface area contributed by atoms with Crippen molar-refractivity contribution < 1.29 is 4.79 Å². The Labute approximate surface area is 109 Å². The van der Waals surface area contributed by atoms with E-state index in [1.807, 2.05) is 29.2 Å². The Morgan fingerprint density at radius 3 is 2.56 bits per heavy atom. The van der Waals surface area contributed by atoms with Crippen LogP contribution < -0.4 is 0 Å². The average Bonchev–Trinajstić information content (AvgIpc) is 2.46. The quantitative estimate of drug-likeness (QED) is 0.813. The summed E-state index contributed by atoms with van der Waals surface area (Å²) in [5.41, 5.74) is 1.68. The second-order valence-electron chi connectivity index (χ2n) is 4.52. The molecule has 1 saturated heterocycles. The molecule has 1 aliphatic heterocycles. The van der Waals surface area contributed by atoms with Crippen molar-refractivity contribution in [3.05, 3.63) is 42.0 Å². The minimum atomic E-state index is 0.126. The molecule has 0 N–H and O–H groups in total. The van der Waals surface area contributed by atoms with Gasteiger partial charge in [-0.2, -0.15) is 0 Å². The summed E-state index contributed by atoms with van der Waals surface area (Å²) >= 11 is 0. The molecule has 1 heterocycles. The monoisotopic (exact) mass is 244 g/mol. The third-order valence-corrected chi connectivity index (χ3v) is 3.52. The maximum Gasteiger partial charge on any atom is 0.254 e. The first-order chi connectivity index (χ1) is 8.76. The molecule has 0 spiro atoms. The highest BCUT2D eigenvalue weighted by atomic mass is 16.2. The zero-order valence-corrected chi connectivity index (χ0v) is 10.9. The predicted molar refractivity (Wildman–Crippen MR) is 74.6 cm³/mol. The van der Waals surface area contributed by atoms with Crippen LogP contribution in [-0.2, 0) is 0 Å². The van der Waals surface area contributed by atoms with Crippen LogP contribution in [0.1, 0.15) is 22.8 Å². The number of amides is 1. The molecule has 1 aromatic carbocycles. The second kappa shape index (κ2) is 5.83. The molecule has 2 rings (SSSR count). The largest absolute Gasteiger partial charge is 0.336 e. The summed E-state index contributed by atoms with van der Waals surface area (Å²) in [6, 6.07) is 7.65. The molecule has 0 atom stereocenters. The fourth-order valence-electron chi connectivity index (χ4n) is 2.31. The van der Waals surface area contributed by atoms with E-state index in [0.29, 0.717) is 0 Å². The van der Waals surface area contributed by atoms with Crippen LogP contribution in [0.3, 0.4) is 0 Å². The van der Waals surface area contributed by atoms with Crippen molar-refractivity contribution in [2.24, 2.45) is 0 Å². The van der Waals surface area contributed by atoms with Crippen molar-refractivity contribution in [1.82, 2.24) is 9.80 Å². The molecule has 3 nitrogen and oxygen atoms in total. The molecule has 96 valence electrons. The van der Waals surface area contributed by atoms with Crippen molar-refractivity contribution >= 4 is 12.0 Å². The van der Waals surface area contributed by atoms with Gasteiger partial charge < -0.3 is 9.80 Å². The fraction of sp³-hybridized carbons (Fsp3) is 0.400. The van der Waals surface area contributed by atoms with Crippen LogP contribution in [0.2, 0.25) is 0 Å². The smallest absolute Gasteiger partial charge is 0.254 e. The molecule has 1 aliphatic rings. The molecule has 0 bridgehead atoms. The van der Waals surface area contributed by atoms with Gasteiger partial charge in [-0.05, 0) is 18.2 Å². The van der Waals surface area contributed by atoms with Gasteiger partial charge in [-0.3, -0.25) is 4.79 Å². The lowest BCUT2D eigenvalue weighted by atomic mass is 10.1. The van der Waals surface area contributed by atoms with E-state index >= 15 is 0 Å². The highest BCUT2D eigenvalue weighted by Gasteiger charge is 2.22. The van der Waals surface area contributed by atoms with E-state index in [2.05, 4.69) is 18.4 Å². The molecule has 0 aliphatic carbocycles. The average molecular weight is 244 g/mol. The summed E-state index contributed by atoms with van der Waals surface area (Å²) in [5, 5.41) is 0. The van der Waals surface area contributed by atoms with E-state index in [1.165, 1.54) is 0 Å². The summed E-state index contributed by atoms with van der Waals surface area (Å²) in [7, 11) is 0. The van der Waals surface area contributed by atoms with E-state index in [0.717, 1.165) is 43.9 Å². The van der Waals surface area contributed by atoms with Gasteiger partial charge in [-0.15, -0.1) is 0 Å². The molecular weight excluding hydrogens is 224 g/mol. The number of nitrogens with zero attached hydrogens (tertiary/aromatic N) is 2. The Kier molecular flexibility index (Phi) is 4.15. The number of benzene rings is 1. The van der Waals surface area contributed by atoms with E-state index in [4.69, 9.17) is 0 Å². The molecule has 3 heteroatoms. The third kappa shape index (κ3) is 2.62. The van der Waals surface area contributed by atoms with E-state index in [-0.39, 0.29) is 5.91 Å². The van der Waals surface area contributed by atoms with Crippen LogP contribution in [0.25, 0.3) is 6.08 Å². The minimum Gasteiger partial charge on any atom is -0.336 e. The molecule has 1 aromatic rings. The zero-order valence-electron chi connectivity index (χ0n) is 10.9. The molecule has 1 amide bonds. The van der Waals surface area contributed by atoms with Crippen LogP contribution in [0.5, 0.6) is 0 Å². The Hall–Kier alpha value is -1.61. The van der Waals surface area contributed by atoms with Gasteiger partial charge in [-0.1, -0.05) is 37.8 Å². The Bertz CT molecular complexity index is 434. The lowest BCUT2D eigenvalue weighted by Crippen LogP contribution is -2.48. The number of rotatable bonds is 3. The normalized spacial score (nSPS) is 16.6. The molecule has 1 fully saturated rings. The fourth-order valence-corrected chi connectivity index (χ4v) is 2.31. The Morgan fingerprint density at radius 1 is 1.28 bits per heavy atom. The van der Waals surface area contributed by atoms with E-state index < -0.39 is 0 Å². The molecule has 0 radical (unpaired) electrons. The SMILES string of the molecule is C=Cc1ccccc1C(=O)N1CCN(CC)CC1. The number of hydrogen-bond acceptors (Lipinski definition) is 2. The van der Waals surface area contributed by atoms with Crippen molar-refractivity contribution in [2.75, 3.05) is 32.7 Å². The Balaban J connectivity index is 2.10. The first-order valence-electron chi connectivity index (χ1n) is 6.49. The van der Waals surface area contributed by atoms with Crippen LogP contribution in [0.15, 0.2) is 30.8 Å². The maximum absolute atomic E-state index is 12.4. The van der Waals surface area contributed by atoms with Gasteiger partial charge >= 0.3 is 0 Å². The third-order valence-electron chi connectivity index (χ3n) is 3.52. The van der Waals surface area contributed by atoms with Crippen molar-refractivity contribution in [1.29, 1.82) is 0 Å². The van der Waals surface area contributed by atoms with Crippen molar-refractivity contribution in [3.63, 3.8) is 0 Å². The van der Waals surface area contributed by atoms with E-state index in [9.17, 15) is 4.79 Å².